The second kappa shape index (κ2) is 7.05. The minimum Gasteiger partial charge on any atom is -0.478 e. The summed E-state index contributed by atoms with van der Waals surface area (Å²) in [6.45, 7) is 0. The van der Waals surface area contributed by atoms with Crippen LogP contribution in [0.5, 0.6) is 0 Å². The van der Waals surface area contributed by atoms with Gasteiger partial charge in [-0.3, -0.25) is 0 Å². The molecule has 9 heteroatoms. The maximum atomic E-state index is 11.6. The number of rotatable bonds is 6. The van der Waals surface area contributed by atoms with Crippen LogP contribution in [0.15, 0.2) is 46.2 Å². The Kier molecular flexibility index (Phi) is 5.08. The van der Waals surface area contributed by atoms with Crippen molar-refractivity contribution in [2.24, 2.45) is 0 Å². The van der Waals surface area contributed by atoms with Gasteiger partial charge in [0.2, 0.25) is 0 Å². The standard InChI is InChI=1S/C16H10O8S/c17-13(18)8-6-9(25-7-4-2-1-3-5-7)11(15(21)22)12(16(23)24)10(8)14(19)20/h1-6H,(H,17,18)(H,19,20)(H,21,22)(H,23,24). The molecule has 0 amide bonds. The Bertz CT molecular complexity index is 889. The second-order valence-corrected chi connectivity index (χ2v) is 5.80. The zero-order valence-electron chi connectivity index (χ0n) is 12.3. The monoisotopic (exact) mass is 362 g/mol. The van der Waals surface area contributed by atoms with Crippen molar-refractivity contribution in [3.05, 3.63) is 58.7 Å². The maximum absolute atomic E-state index is 11.6. The zero-order valence-corrected chi connectivity index (χ0v) is 13.1. The van der Waals surface area contributed by atoms with Crippen LogP contribution in [0.1, 0.15) is 41.4 Å². The Hall–Kier alpha value is -3.33. The predicted octanol–water partition coefficient (Wildman–Crippen LogP) is 2.63. The first kappa shape index (κ1) is 18.0. The van der Waals surface area contributed by atoms with E-state index < -0.39 is 46.1 Å². The van der Waals surface area contributed by atoms with Crippen LogP contribution < -0.4 is 0 Å². The molecule has 0 fully saturated rings. The highest BCUT2D eigenvalue weighted by Gasteiger charge is 2.32. The van der Waals surface area contributed by atoms with Crippen LogP contribution in [0.3, 0.4) is 0 Å². The molecule has 0 unspecified atom stereocenters. The van der Waals surface area contributed by atoms with Crippen LogP contribution in [-0.2, 0) is 0 Å². The molecule has 8 nitrogen and oxygen atoms in total. The van der Waals surface area contributed by atoms with Crippen molar-refractivity contribution in [2.45, 2.75) is 9.79 Å². The molecular formula is C16H10O8S. The Morgan fingerprint density at radius 3 is 1.64 bits per heavy atom. The SMILES string of the molecule is O=C(O)c1cc(Sc2ccccc2)c(C(=O)O)c(C(=O)O)c1C(=O)O. The number of aromatic carboxylic acids is 4. The van der Waals surface area contributed by atoms with Gasteiger partial charge in [0, 0.05) is 9.79 Å². The van der Waals surface area contributed by atoms with Gasteiger partial charge in [-0.1, -0.05) is 30.0 Å². The molecule has 0 aliphatic carbocycles. The summed E-state index contributed by atoms with van der Waals surface area (Å²) in [4.78, 5) is 46.2. The summed E-state index contributed by atoms with van der Waals surface area (Å²) < 4.78 is 0. The molecule has 0 atom stereocenters. The van der Waals surface area contributed by atoms with Gasteiger partial charge in [-0.25, -0.2) is 19.2 Å². The summed E-state index contributed by atoms with van der Waals surface area (Å²) in [7, 11) is 0. The highest BCUT2D eigenvalue weighted by molar-refractivity contribution is 7.99. The summed E-state index contributed by atoms with van der Waals surface area (Å²) in [5, 5.41) is 37.1. The fourth-order valence-corrected chi connectivity index (χ4v) is 3.19. The molecule has 0 spiro atoms. The first-order valence-corrected chi connectivity index (χ1v) is 7.42. The van der Waals surface area contributed by atoms with Crippen LogP contribution in [-0.4, -0.2) is 44.3 Å². The van der Waals surface area contributed by atoms with Crippen molar-refractivity contribution in [3.63, 3.8) is 0 Å². The van der Waals surface area contributed by atoms with Gasteiger partial charge in [0.05, 0.1) is 22.3 Å². The van der Waals surface area contributed by atoms with Crippen molar-refractivity contribution >= 4 is 35.6 Å². The van der Waals surface area contributed by atoms with Crippen molar-refractivity contribution in [2.75, 3.05) is 0 Å². The van der Waals surface area contributed by atoms with Crippen molar-refractivity contribution in [1.82, 2.24) is 0 Å². The molecule has 0 aliphatic heterocycles. The topological polar surface area (TPSA) is 149 Å². The Balaban J connectivity index is 2.87. The molecule has 2 aromatic carbocycles. The summed E-state index contributed by atoms with van der Waals surface area (Å²) >= 11 is 0.826. The minimum atomic E-state index is -1.84. The van der Waals surface area contributed by atoms with E-state index in [4.69, 9.17) is 0 Å². The van der Waals surface area contributed by atoms with Crippen LogP contribution in [0.25, 0.3) is 0 Å². The summed E-state index contributed by atoms with van der Waals surface area (Å²) in [6, 6.07) is 9.11. The number of carboxylic acid groups (broad SMARTS) is 4. The lowest BCUT2D eigenvalue weighted by Gasteiger charge is -2.14. The van der Waals surface area contributed by atoms with E-state index in [9.17, 15) is 39.6 Å². The lowest BCUT2D eigenvalue weighted by molar-refractivity contribution is 0.0617. The molecule has 4 N–H and O–H groups in total. The van der Waals surface area contributed by atoms with E-state index in [-0.39, 0.29) is 4.90 Å². The number of carboxylic acids is 4. The highest BCUT2D eigenvalue weighted by atomic mass is 32.2. The normalized spacial score (nSPS) is 10.2. The van der Waals surface area contributed by atoms with Crippen LogP contribution in [0, 0.1) is 0 Å². The molecule has 0 saturated heterocycles. The molecule has 2 aromatic rings. The average Bonchev–Trinajstić information content (AvgIpc) is 2.53. The van der Waals surface area contributed by atoms with Crippen LogP contribution in [0.4, 0.5) is 0 Å². The van der Waals surface area contributed by atoms with Gasteiger partial charge in [0.15, 0.2) is 0 Å². The molecule has 0 aromatic heterocycles. The number of carbonyl (C=O) groups is 4. The minimum absolute atomic E-state index is 0.182. The summed E-state index contributed by atoms with van der Waals surface area (Å²) in [5.74, 6) is -7.02. The van der Waals surface area contributed by atoms with Gasteiger partial charge in [-0.15, -0.1) is 0 Å². The molecule has 128 valence electrons. The average molecular weight is 362 g/mol. The third-order valence-electron chi connectivity index (χ3n) is 3.13. The van der Waals surface area contributed by atoms with Gasteiger partial charge in [-0.05, 0) is 18.2 Å². The van der Waals surface area contributed by atoms with Gasteiger partial charge in [0.1, 0.15) is 0 Å². The molecule has 2 rings (SSSR count). The number of hydrogen-bond acceptors (Lipinski definition) is 5. The van der Waals surface area contributed by atoms with E-state index in [0.29, 0.717) is 4.90 Å². The molecule has 0 bridgehead atoms. The molecule has 0 aliphatic rings. The van der Waals surface area contributed by atoms with Gasteiger partial charge >= 0.3 is 23.9 Å². The third-order valence-corrected chi connectivity index (χ3v) is 4.18. The van der Waals surface area contributed by atoms with Gasteiger partial charge < -0.3 is 20.4 Å². The van der Waals surface area contributed by atoms with E-state index in [2.05, 4.69) is 0 Å². The summed E-state index contributed by atoms with van der Waals surface area (Å²) in [5.41, 5.74) is -3.72. The summed E-state index contributed by atoms with van der Waals surface area (Å²) in [6.07, 6.45) is 0. The predicted molar refractivity (Wildman–Crippen MR) is 84.8 cm³/mol. The van der Waals surface area contributed by atoms with E-state index in [1.807, 2.05) is 0 Å². The molecule has 25 heavy (non-hydrogen) atoms. The van der Waals surface area contributed by atoms with Crippen LogP contribution in [0.2, 0.25) is 0 Å². The second-order valence-electron chi connectivity index (χ2n) is 4.68. The Morgan fingerprint density at radius 1 is 0.680 bits per heavy atom. The van der Waals surface area contributed by atoms with E-state index in [1.165, 1.54) is 0 Å². The Labute approximate surface area is 144 Å². The van der Waals surface area contributed by atoms with E-state index >= 15 is 0 Å². The molecule has 0 radical (unpaired) electrons. The highest BCUT2D eigenvalue weighted by Crippen LogP contribution is 2.35. The van der Waals surface area contributed by atoms with Crippen molar-refractivity contribution in [1.29, 1.82) is 0 Å². The van der Waals surface area contributed by atoms with Gasteiger partial charge in [0.25, 0.3) is 0 Å². The molecular weight excluding hydrogens is 352 g/mol. The lowest BCUT2D eigenvalue weighted by Crippen LogP contribution is -2.20. The molecule has 0 saturated carbocycles. The number of benzene rings is 2. The lowest BCUT2D eigenvalue weighted by atomic mass is 9.95. The number of hydrogen-bond donors (Lipinski definition) is 4. The largest absolute Gasteiger partial charge is 0.478 e. The molecule has 0 heterocycles. The fourth-order valence-electron chi connectivity index (χ4n) is 2.17. The van der Waals surface area contributed by atoms with Crippen molar-refractivity contribution in [3.8, 4) is 0 Å². The first-order chi connectivity index (χ1) is 11.7. The first-order valence-electron chi connectivity index (χ1n) is 6.61. The zero-order chi connectivity index (χ0) is 18.7. The quantitative estimate of drug-likeness (QED) is 0.608. The maximum Gasteiger partial charge on any atom is 0.337 e. The third kappa shape index (κ3) is 3.61. The smallest absolute Gasteiger partial charge is 0.337 e. The van der Waals surface area contributed by atoms with Gasteiger partial charge in [-0.2, -0.15) is 0 Å². The Morgan fingerprint density at radius 2 is 1.20 bits per heavy atom. The van der Waals surface area contributed by atoms with E-state index in [0.717, 1.165) is 17.8 Å². The fraction of sp³-hybridized carbons (Fsp3) is 0. The van der Waals surface area contributed by atoms with Crippen molar-refractivity contribution < 1.29 is 39.6 Å². The van der Waals surface area contributed by atoms with Crippen LogP contribution >= 0.6 is 11.8 Å². The van der Waals surface area contributed by atoms with E-state index in [1.54, 1.807) is 30.3 Å².